The van der Waals surface area contributed by atoms with Crippen LogP contribution in [0.2, 0.25) is 5.02 Å². The highest BCUT2D eigenvalue weighted by Crippen LogP contribution is 2.45. The van der Waals surface area contributed by atoms with E-state index in [2.05, 4.69) is 5.32 Å². The van der Waals surface area contributed by atoms with Gasteiger partial charge >= 0.3 is 11.9 Å². The van der Waals surface area contributed by atoms with E-state index < -0.39 is 41.4 Å². The summed E-state index contributed by atoms with van der Waals surface area (Å²) in [5, 5.41) is 13.3. The fraction of sp³-hybridized carbons (Fsp3) is 0.429. The van der Waals surface area contributed by atoms with Crippen molar-refractivity contribution in [1.29, 1.82) is 0 Å². The first-order valence-corrected chi connectivity index (χ1v) is 16.0. The van der Waals surface area contributed by atoms with Crippen LogP contribution in [-0.4, -0.2) is 82.6 Å². The van der Waals surface area contributed by atoms with Crippen LogP contribution in [0, 0.1) is 5.41 Å². The highest BCUT2D eigenvalue weighted by molar-refractivity contribution is 6.30. The third kappa shape index (κ3) is 8.53. The summed E-state index contributed by atoms with van der Waals surface area (Å²) in [7, 11) is 4.19. The van der Waals surface area contributed by atoms with Crippen molar-refractivity contribution in [3.8, 4) is 11.5 Å². The maximum atomic E-state index is 14.3. The number of nitrogens with one attached hydrogen (secondary N) is 1. The summed E-state index contributed by atoms with van der Waals surface area (Å²) in [5.74, 6) is -1.74. The van der Waals surface area contributed by atoms with Crippen LogP contribution in [0.25, 0.3) is 0 Å². The van der Waals surface area contributed by atoms with Crippen LogP contribution >= 0.6 is 11.6 Å². The minimum absolute atomic E-state index is 0.0102. The van der Waals surface area contributed by atoms with Crippen LogP contribution in [0.3, 0.4) is 0 Å². The van der Waals surface area contributed by atoms with Gasteiger partial charge in [0.05, 0.1) is 34.4 Å². The number of nitrogens with zero attached hydrogens (tertiary/aromatic N) is 1. The number of ether oxygens (including phenoxy) is 5. The molecular weight excluding hydrogens is 660 g/mol. The van der Waals surface area contributed by atoms with Crippen molar-refractivity contribution in [3.05, 3.63) is 75.7 Å². The Morgan fingerprint density at radius 2 is 1.80 bits per heavy atom. The molecule has 2 aromatic carbocycles. The van der Waals surface area contributed by atoms with Crippen molar-refractivity contribution in [2.24, 2.45) is 5.41 Å². The predicted molar refractivity (Wildman–Crippen MR) is 178 cm³/mol. The van der Waals surface area contributed by atoms with Gasteiger partial charge in [-0.3, -0.25) is 9.59 Å². The molecule has 0 saturated carbocycles. The molecule has 2 amide bonds. The van der Waals surface area contributed by atoms with Crippen molar-refractivity contribution < 1.29 is 52.4 Å². The van der Waals surface area contributed by atoms with Crippen molar-refractivity contribution in [2.75, 3.05) is 52.5 Å². The monoisotopic (exact) mass is 700 g/mol. The molecule has 264 valence electrons. The number of esters is 2. The number of hydrogen-bond donors (Lipinski definition) is 2. The predicted octanol–water partition coefficient (Wildman–Crippen LogP) is 4.50. The molecule has 2 atom stereocenters. The Balaban J connectivity index is 1.65. The summed E-state index contributed by atoms with van der Waals surface area (Å²) < 4.78 is 33.1. The Hall–Kier alpha value is -4.59. The molecule has 14 heteroatoms. The molecule has 0 fully saturated rings. The van der Waals surface area contributed by atoms with E-state index in [0.717, 1.165) is 0 Å². The lowest BCUT2D eigenvalue weighted by atomic mass is 9.92. The van der Waals surface area contributed by atoms with Gasteiger partial charge in [0.2, 0.25) is 11.7 Å². The summed E-state index contributed by atoms with van der Waals surface area (Å²) in [6, 6.07) is 11.6. The maximum absolute atomic E-state index is 14.3. The second-order valence-corrected chi connectivity index (χ2v) is 12.4. The molecule has 2 N–H and O–H groups in total. The van der Waals surface area contributed by atoms with Crippen LogP contribution in [0.1, 0.15) is 71.1 Å². The Morgan fingerprint density at radius 3 is 2.45 bits per heavy atom. The van der Waals surface area contributed by atoms with E-state index in [-0.39, 0.29) is 56.2 Å². The molecule has 0 bridgehead atoms. The number of benzene rings is 2. The van der Waals surface area contributed by atoms with Gasteiger partial charge < -0.3 is 43.4 Å². The first-order valence-electron chi connectivity index (χ1n) is 15.6. The summed E-state index contributed by atoms with van der Waals surface area (Å²) in [6.07, 6.45) is -2.56. The van der Waals surface area contributed by atoms with E-state index >= 15 is 0 Å². The Labute approximate surface area is 289 Å². The summed E-state index contributed by atoms with van der Waals surface area (Å²) in [4.78, 5) is 53.7. The molecule has 3 aromatic rings. The second-order valence-electron chi connectivity index (χ2n) is 12.0. The maximum Gasteiger partial charge on any atom is 0.374 e. The highest BCUT2D eigenvalue weighted by atomic mass is 35.5. The van der Waals surface area contributed by atoms with Crippen molar-refractivity contribution in [1.82, 2.24) is 5.32 Å². The van der Waals surface area contributed by atoms with Crippen LogP contribution in [0.4, 0.5) is 5.69 Å². The fourth-order valence-electron chi connectivity index (χ4n) is 5.46. The number of amides is 2. The van der Waals surface area contributed by atoms with E-state index in [1.165, 1.54) is 32.3 Å². The highest BCUT2D eigenvalue weighted by Gasteiger charge is 2.40. The lowest BCUT2D eigenvalue weighted by molar-refractivity contribution is -0.138. The normalized spacial score (nSPS) is 16.0. The van der Waals surface area contributed by atoms with Crippen LogP contribution in [0.15, 0.2) is 46.9 Å². The van der Waals surface area contributed by atoms with Crippen molar-refractivity contribution in [3.63, 3.8) is 0 Å². The molecule has 0 saturated heterocycles. The molecule has 1 aliphatic heterocycles. The largest absolute Gasteiger partial charge is 0.493 e. The molecule has 0 spiro atoms. The van der Waals surface area contributed by atoms with E-state index in [0.29, 0.717) is 33.3 Å². The molecule has 1 aliphatic rings. The van der Waals surface area contributed by atoms with Crippen molar-refractivity contribution >= 4 is 41.0 Å². The third-order valence-electron chi connectivity index (χ3n) is 7.87. The smallest absolute Gasteiger partial charge is 0.374 e. The molecule has 0 unspecified atom stereocenters. The number of carbonyl (C=O) groups excluding carboxylic acids is 4. The molecule has 13 nitrogen and oxygen atoms in total. The van der Waals surface area contributed by atoms with Gasteiger partial charge in [0, 0.05) is 59.4 Å². The van der Waals surface area contributed by atoms with Gasteiger partial charge in [0.15, 0.2) is 11.5 Å². The molecule has 1 aromatic heterocycles. The van der Waals surface area contributed by atoms with Gasteiger partial charge in [-0.05, 0) is 31.2 Å². The summed E-state index contributed by atoms with van der Waals surface area (Å²) in [5.41, 5.74) is 0.900. The minimum atomic E-state index is -1.29. The topological polar surface area (TPSA) is 163 Å². The van der Waals surface area contributed by atoms with E-state index in [1.54, 1.807) is 43.3 Å². The van der Waals surface area contributed by atoms with Gasteiger partial charge in [-0.2, -0.15) is 0 Å². The standard InChI is InChI=1S/C35H41ClN2O11/c1-7-47-34(43)28-16-23(33(42)46-6)25(48-28)13-14-37-29(40)17-27-32(41)38(18-35(2,3)19-39)24-12-11-20(36)15-22(24)30(49-27)21-9-8-10-26(44-4)31(21)45-5/h8-12,15-16,27,30,39H,7,13-14,17-19H2,1-6H3,(H,37,40)/t27-,30-/m1/s1. The quantitative estimate of drug-likeness (QED) is 0.228. The van der Waals surface area contributed by atoms with Gasteiger partial charge in [-0.15, -0.1) is 0 Å². The second kappa shape index (κ2) is 16.2. The zero-order chi connectivity index (χ0) is 35.9. The zero-order valence-corrected chi connectivity index (χ0v) is 29.0. The van der Waals surface area contributed by atoms with Crippen LogP contribution in [-0.2, 0) is 30.2 Å². The lowest BCUT2D eigenvalue weighted by Crippen LogP contribution is -2.46. The molecule has 0 aliphatic carbocycles. The Morgan fingerprint density at radius 1 is 1.04 bits per heavy atom. The number of furan rings is 1. The minimum Gasteiger partial charge on any atom is -0.493 e. The molecule has 4 rings (SSSR count). The van der Waals surface area contributed by atoms with Gasteiger partial charge in [0.25, 0.3) is 5.91 Å². The average molecular weight is 701 g/mol. The lowest BCUT2D eigenvalue weighted by Gasteiger charge is -2.32. The number of fused-ring (bicyclic) bond motifs is 1. The van der Waals surface area contributed by atoms with Gasteiger partial charge in [0.1, 0.15) is 23.5 Å². The SMILES string of the molecule is CCOC(=O)c1cc(C(=O)OC)c(CCNC(=O)C[C@H]2O[C@H](c3cccc(OC)c3OC)c3cc(Cl)ccc3N(CC(C)(C)CO)C2=O)o1. The van der Waals surface area contributed by atoms with Crippen LogP contribution in [0.5, 0.6) is 11.5 Å². The Kier molecular flexibility index (Phi) is 12.3. The number of rotatable bonds is 14. The van der Waals surface area contributed by atoms with Crippen LogP contribution < -0.4 is 19.7 Å². The van der Waals surface area contributed by atoms with E-state index in [4.69, 9.17) is 39.7 Å². The molecule has 2 heterocycles. The molecular formula is C35H41ClN2O11. The Bertz CT molecular complexity index is 1690. The number of halogens is 1. The van der Waals surface area contributed by atoms with E-state index in [1.807, 2.05) is 13.8 Å². The number of aliphatic hydroxyl groups excluding tert-OH is 1. The summed E-state index contributed by atoms with van der Waals surface area (Å²) in [6.45, 7) is 5.27. The zero-order valence-electron chi connectivity index (χ0n) is 28.3. The number of methoxy groups -OCH3 is 3. The number of aliphatic hydroxyl groups is 1. The molecule has 0 radical (unpaired) electrons. The van der Waals surface area contributed by atoms with E-state index in [9.17, 15) is 24.3 Å². The number of anilines is 1. The summed E-state index contributed by atoms with van der Waals surface area (Å²) >= 11 is 6.48. The number of para-hydroxylation sites is 1. The average Bonchev–Trinajstić information content (AvgIpc) is 3.48. The van der Waals surface area contributed by atoms with Gasteiger partial charge in [-0.1, -0.05) is 37.6 Å². The first kappa shape index (κ1) is 37.2. The number of carbonyl (C=O) groups is 4. The number of hydrogen-bond acceptors (Lipinski definition) is 11. The first-order chi connectivity index (χ1) is 23.4. The van der Waals surface area contributed by atoms with Gasteiger partial charge in [-0.25, -0.2) is 9.59 Å². The fourth-order valence-corrected chi connectivity index (χ4v) is 5.64. The third-order valence-corrected chi connectivity index (χ3v) is 8.11. The van der Waals surface area contributed by atoms with Crippen molar-refractivity contribution in [2.45, 2.75) is 45.8 Å². The molecule has 49 heavy (non-hydrogen) atoms.